The normalized spacial score (nSPS) is 16.7. The average molecular weight is 653 g/mol. The maximum absolute atomic E-state index is 5.90. The Kier molecular flexibility index (Phi) is 13.6. The maximum atomic E-state index is 5.90. The summed E-state index contributed by atoms with van der Waals surface area (Å²) < 4.78 is 5.11. The van der Waals surface area contributed by atoms with Crippen molar-refractivity contribution in [1.82, 2.24) is 0 Å². The van der Waals surface area contributed by atoms with E-state index in [0.29, 0.717) is 0 Å². The second-order valence-corrected chi connectivity index (χ2v) is 13.2. The monoisotopic (exact) mass is 652 g/mol. The predicted molar refractivity (Wildman–Crippen MR) is 203 cm³/mol. The molecule has 0 spiro atoms. The predicted octanol–water partition coefficient (Wildman–Crippen LogP) is 9.59. The highest BCUT2D eigenvalue weighted by molar-refractivity contribution is 6.30. The summed E-state index contributed by atoms with van der Waals surface area (Å²) in [6, 6.07) is 35.7. The van der Waals surface area contributed by atoms with Gasteiger partial charge in [0.05, 0.1) is 7.11 Å². The Morgan fingerprint density at radius 3 is 1.57 bits per heavy atom. The van der Waals surface area contributed by atoms with Crippen LogP contribution in [0.5, 0.6) is 5.75 Å². The van der Waals surface area contributed by atoms with E-state index in [0.717, 1.165) is 10.8 Å². The van der Waals surface area contributed by atoms with Crippen molar-refractivity contribution in [2.45, 2.75) is 51.4 Å². The summed E-state index contributed by atoms with van der Waals surface area (Å²) in [5, 5.41) is 0.833. The minimum Gasteiger partial charge on any atom is -0.497 e. The molecule has 0 saturated carbocycles. The fourth-order valence-corrected chi connectivity index (χ4v) is 6.94. The van der Waals surface area contributed by atoms with Crippen LogP contribution in [-0.4, -0.2) is 60.0 Å². The van der Waals surface area contributed by atoms with Crippen molar-refractivity contribution in [3.63, 3.8) is 0 Å². The van der Waals surface area contributed by atoms with Crippen molar-refractivity contribution in [3.8, 4) is 5.75 Å². The van der Waals surface area contributed by atoms with Crippen LogP contribution in [-0.2, 0) is 6.42 Å². The first-order valence-electron chi connectivity index (χ1n) is 17.6. The van der Waals surface area contributed by atoms with Crippen LogP contribution in [0.1, 0.15) is 50.5 Å². The summed E-state index contributed by atoms with van der Waals surface area (Å²) in [6.45, 7) is 8.45. The molecule has 5 nitrogen and oxygen atoms in total. The van der Waals surface area contributed by atoms with Crippen LogP contribution in [0.25, 0.3) is 0 Å². The summed E-state index contributed by atoms with van der Waals surface area (Å²) >= 11 is 5.90. The number of benzene rings is 4. The topological polar surface area (TPSA) is 22.2 Å². The number of para-hydroxylation sites is 2. The number of hydrogen-bond donors (Lipinski definition) is 0. The summed E-state index contributed by atoms with van der Waals surface area (Å²) in [5.74, 6) is 0.933. The molecule has 0 atom stereocenters. The van der Waals surface area contributed by atoms with E-state index in [1.54, 1.807) is 7.11 Å². The number of anilines is 4. The van der Waals surface area contributed by atoms with Gasteiger partial charge in [-0.1, -0.05) is 54.1 Å². The van der Waals surface area contributed by atoms with Crippen molar-refractivity contribution in [1.29, 1.82) is 0 Å². The molecule has 4 aromatic carbocycles. The largest absolute Gasteiger partial charge is 0.497 e. The van der Waals surface area contributed by atoms with Crippen molar-refractivity contribution < 1.29 is 4.74 Å². The molecule has 0 bridgehead atoms. The molecule has 3 fully saturated rings. The lowest BCUT2D eigenvalue weighted by Gasteiger charge is -2.26. The van der Waals surface area contributed by atoms with Crippen LogP contribution in [0, 0.1) is 0 Å². The molecular formula is C41H53ClN4O. The second-order valence-electron chi connectivity index (χ2n) is 12.7. The molecule has 4 aliphatic rings. The molecule has 4 heterocycles. The summed E-state index contributed by atoms with van der Waals surface area (Å²) in [6.07, 6.45) is 10.5. The maximum Gasteiger partial charge on any atom is 0.119 e. The van der Waals surface area contributed by atoms with Gasteiger partial charge in [-0.2, -0.15) is 0 Å². The van der Waals surface area contributed by atoms with Crippen molar-refractivity contribution in [2.24, 2.45) is 0 Å². The molecule has 3 saturated heterocycles. The van der Waals surface area contributed by atoms with Gasteiger partial charge in [-0.3, -0.25) is 0 Å². The molecular weight excluding hydrogens is 600 g/mol. The standard InChI is InChI=1S/C11H15NO.C10H12ClN.2C10H13N/c1-13-11-6-4-10(5-7-11)12-8-2-3-9-12;11-9-4-3-5-10(8-9)12-6-1-2-7-12;1-11-8-4-6-9-5-2-3-7-10(9)11;1-2-6-10(7-3-1)11-8-4-5-9-11/h4-7H,2-3,8-9H2,1H3;3-5,8H,1-2,6-7H2;2-3,5,7H,4,6,8H2,1H3;1-3,6-7H,4-5,8-9H2. The number of hydrogen-bond acceptors (Lipinski definition) is 5. The van der Waals surface area contributed by atoms with Crippen LogP contribution >= 0.6 is 11.6 Å². The Balaban J connectivity index is 0.000000123. The molecule has 0 N–H and O–H groups in total. The first-order chi connectivity index (χ1) is 23.1. The Morgan fingerprint density at radius 1 is 0.511 bits per heavy atom. The molecule has 250 valence electrons. The Hall–Kier alpha value is -3.83. The van der Waals surface area contributed by atoms with Crippen molar-refractivity contribution in [3.05, 3.63) is 114 Å². The molecule has 0 radical (unpaired) electrons. The van der Waals surface area contributed by atoms with Crippen LogP contribution < -0.4 is 24.3 Å². The number of fused-ring (bicyclic) bond motifs is 1. The number of rotatable bonds is 4. The smallest absolute Gasteiger partial charge is 0.119 e. The minimum absolute atomic E-state index is 0.833. The van der Waals surface area contributed by atoms with Gasteiger partial charge < -0.3 is 24.3 Å². The van der Waals surface area contributed by atoms with Crippen LogP contribution in [0.2, 0.25) is 5.02 Å². The number of methoxy groups -OCH3 is 1. The van der Waals surface area contributed by atoms with E-state index in [1.807, 2.05) is 30.3 Å². The Labute approximate surface area is 288 Å². The highest BCUT2D eigenvalue weighted by Gasteiger charge is 2.14. The summed E-state index contributed by atoms with van der Waals surface area (Å²) in [4.78, 5) is 9.57. The molecule has 0 aromatic heterocycles. The fourth-order valence-electron chi connectivity index (χ4n) is 6.75. The van der Waals surface area contributed by atoms with Gasteiger partial charge in [0.2, 0.25) is 0 Å². The van der Waals surface area contributed by atoms with E-state index >= 15 is 0 Å². The fraction of sp³-hybridized carbons (Fsp3) is 0.415. The van der Waals surface area contributed by atoms with E-state index in [1.165, 1.54) is 125 Å². The molecule has 0 aliphatic carbocycles. The molecule has 4 aliphatic heterocycles. The summed E-state index contributed by atoms with van der Waals surface area (Å²) in [7, 11) is 3.86. The van der Waals surface area contributed by atoms with E-state index in [4.69, 9.17) is 16.3 Å². The van der Waals surface area contributed by atoms with Gasteiger partial charge in [0.25, 0.3) is 0 Å². The molecule has 0 amide bonds. The third kappa shape index (κ3) is 10.6. The van der Waals surface area contributed by atoms with Gasteiger partial charge in [0, 0.05) is 80.6 Å². The lowest BCUT2D eigenvalue weighted by molar-refractivity contribution is 0.415. The lowest BCUT2D eigenvalue weighted by atomic mass is 10.0. The molecule has 8 rings (SSSR count). The minimum atomic E-state index is 0.833. The number of aryl methyl sites for hydroxylation is 1. The van der Waals surface area contributed by atoms with Gasteiger partial charge in [-0.05, 0) is 118 Å². The van der Waals surface area contributed by atoms with Gasteiger partial charge in [0.15, 0.2) is 0 Å². The average Bonchev–Trinajstić information content (AvgIpc) is 3.95. The zero-order valence-corrected chi connectivity index (χ0v) is 29.3. The first kappa shape index (κ1) is 34.5. The van der Waals surface area contributed by atoms with E-state index in [9.17, 15) is 0 Å². The lowest BCUT2D eigenvalue weighted by Crippen LogP contribution is -2.24. The third-order valence-corrected chi connectivity index (χ3v) is 9.63. The zero-order valence-electron chi connectivity index (χ0n) is 28.5. The number of halogens is 1. The van der Waals surface area contributed by atoms with Crippen molar-refractivity contribution in [2.75, 3.05) is 79.6 Å². The van der Waals surface area contributed by atoms with Gasteiger partial charge in [0.1, 0.15) is 5.75 Å². The van der Waals surface area contributed by atoms with Gasteiger partial charge in [-0.25, -0.2) is 0 Å². The summed E-state index contributed by atoms with van der Waals surface area (Å²) in [5.41, 5.74) is 6.88. The highest BCUT2D eigenvalue weighted by Crippen LogP contribution is 2.26. The molecule has 4 aromatic rings. The van der Waals surface area contributed by atoms with E-state index in [2.05, 4.69) is 99.4 Å². The highest BCUT2D eigenvalue weighted by atomic mass is 35.5. The quantitative estimate of drug-likeness (QED) is 0.218. The van der Waals surface area contributed by atoms with E-state index in [-0.39, 0.29) is 0 Å². The van der Waals surface area contributed by atoms with Crippen LogP contribution in [0.4, 0.5) is 22.7 Å². The molecule has 0 unspecified atom stereocenters. The zero-order chi connectivity index (χ0) is 32.7. The Morgan fingerprint density at radius 2 is 1.02 bits per heavy atom. The third-order valence-electron chi connectivity index (χ3n) is 9.39. The van der Waals surface area contributed by atoms with Crippen molar-refractivity contribution >= 4 is 34.4 Å². The Bertz CT molecular complexity index is 1450. The molecule has 47 heavy (non-hydrogen) atoms. The van der Waals surface area contributed by atoms with Crippen LogP contribution in [0.3, 0.4) is 0 Å². The molecule has 6 heteroatoms. The number of nitrogens with zero attached hydrogens (tertiary/aromatic N) is 4. The van der Waals surface area contributed by atoms with Gasteiger partial charge in [-0.15, -0.1) is 0 Å². The first-order valence-corrected chi connectivity index (χ1v) is 18.0. The number of ether oxygens (including phenoxy) is 1. The van der Waals surface area contributed by atoms with Gasteiger partial charge >= 0.3 is 0 Å². The second kappa shape index (κ2) is 18.5. The SMILES string of the molecule is CN1CCCc2ccccc21.COc1ccc(N2CCCC2)cc1.Clc1cccc(N2CCCC2)c1.c1ccc(N2CCCC2)cc1. The van der Waals surface area contributed by atoms with Crippen LogP contribution in [0.15, 0.2) is 103 Å². The van der Waals surface area contributed by atoms with E-state index < -0.39 is 0 Å².